The van der Waals surface area contributed by atoms with Crippen molar-refractivity contribution in [3.63, 3.8) is 0 Å². The molecule has 0 aromatic heterocycles. The lowest BCUT2D eigenvalue weighted by atomic mass is 9.82. The molecule has 1 saturated carbocycles. The van der Waals surface area contributed by atoms with E-state index in [0.29, 0.717) is 11.8 Å². The average molecular weight is 180 g/mol. The molecular weight excluding hydrogens is 168 g/mol. The van der Waals surface area contributed by atoms with E-state index in [0.717, 1.165) is 11.8 Å². The first-order valence-corrected chi connectivity index (χ1v) is 5.40. The summed E-state index contributed by atoms with van der Waals surface area (Å²) in [6.45, 7) is 0. The Bertz CT molecular complexity index is 391. The second kappa shape index (κ2) is 2.20. The molecule has 2 atom stereocenters. The second-order valence-corrected chi connectivity index (χ2v) is 4.60. The molecule has 68 valence electrons. The fourth-order valence-electron chi connectivity index (χ4n) is 3.27. The molecule has 5 rings (SSSR count). The Kier molecular flexibility index (Phi) is 1.11. The maximum absolute atomic E-state index is 2.39. The number of allylic oxidation sites excluding steroid dienone is 10. The highest BCUT2D eigenvalue weighted by atomic mass is 14.6. The molecule has 2 bridgehead atoms. The van der Waals surface area contributed by atoms with Gasteiger partial charge in [0.15, 0.2) is 0 Å². The zero-order valence-corrected chi connectivity index (χ0v) is 7.93. The molecule has 5 aliphatic carbocycles. The maximum Gasteiger partial charge on any atom is 0.00190 e. The quantitative estimate of drug-likeness (QED) is 0.503. The summed E-state index contributed by atoms with van der Waals surface area (Å²) < 4.78 is 0. The van der Waals surface area contributed by atoms with Gasteiger partial charge in [-0.2, -0.15) is 0 Å². The van der Waals surface area contributed by atoms with E-state index in [9.17, 15) is 0 Å². The number of hydrogen-bond donors (Lipinski definition) is 0. The van der Waals surface area contributed by atoms with Crippen LogP contribution in [0.25, 0.3) is 0 Å². The van der Waals surface area contributed by atoms with E-state index < -0.39 is 0 Å². The molecule has 0 aromatic carbocycles. The summed E-state index contributed by atoms with van der Waals surface area (Å²) in [5.74, 6) is 3.10. The minimum atomic E-state index is 0.704. The second-order valence-electron chi connectivity index (χ2n) is 4.60. The molecular formula is C14H12. The van der Waals surface area contributed by atoms with E-state index in [2.05, 4.69) is 48.6 Å². The summed E-state index contributed by atoms with van der Waals surface area (Å²) in [5, 5.41) is 0. The van der Waals surface area contributed by atoms with Crippen LogP contribution in [0, 0.1) is 23.7 Å². The molecule has 1 fully saturated rings. The Hall–Kier alpha value is -1.30. The van der Waals surface area contributed by atoms with Gasteiger partial charge in [0.2, 0.25) is 0 Å². The lowest BCUT2D eigenvalue weighted by Gasteiger charge is -2.22. The van der Waals surface area contributed by atoms with Crippen LogP contribution >= 0.6 is 0 Å². The first-order valence-electron chi connectivity index (χ1n) is 5.40. The van der Waals surface area contributed by atoms with Crippen LogP contribution in [0.2, 0.25) is 0 Å². The summed E-state index contributed by atoms with van der Waals surface area (Å²) in [5.41, 5.74) is 3.20. The molecule has 0 nitrogen and oxygen atoms in total. The Morgan fingerprint density at radius 3 is 1.71 bits per heavy atom. The van der Waals surface area contributed by atoms with Gasteiger partial charge in [0.1, 0.15) is 0 Å². The van der Waals surface area contributed by atoms with E-state index in [1.165, 1.54) is 5.57 Å². The van der Waals surface area contributed by atoms with E-state index in [1.54, 1.807) is 5.57 Å². The topological polar surface area (TPSA) is 0 Å². The molecule has 0 aromatic rings. The summed E-state index contributed by atoms with van der Waals surface area (Å²) in [7, 11) is 0. The van der Waals surface area contributed by atoms with Gasteiger partial charge in [-0.3, -0.25) is 0 Å². The minimum absolute atomic E-state index is 0.704. The molecule has 14 heavy (non-hydrogen) atoms. The van der Waals surface area contributed by atoms with Crippen LogP contribution in [0.5, 0.6) is 0 Å². The monoisotopic (exact) mass is 180 g/mol. The molecule has 0 N–H and O–H groups in total. The smallest absolute Gasteiger partial charge is 0.00190 e. The SMILES string of the molecule is C1=CC(=C2C3C4C=CC(C=C4)C23)C=C1. The van der Waals surface area contributed by atoms with Crippen molar-refractivity contribution >= 4 is 0 Å². The third-order valence-corrected chi connectivity index (χ3v) is 3.93. The van der Waals surface area contributed by atoms with Gasteiger partial charge < -0.3 is 0 Å². The third kappa shape index (κ3) is 0.708. The van der Waals surface area contributed by atoms with E-state index in [4.69, 9.17) is 0 Å². The summed E-state index contributed by atoms with van der Waals surface area (Å²) >= 11 is 0. The molecule has 5 aliphatic rings. The van der Waals surface area contributed by atoms with E-state index in [1.807, 2.05) is 0 Å². The van der Waals surface area contributed by atoms with Gasteiger partial charge in [-0.05, 0) is 17.4 Å². The molecule has 0 radical (unpaired) electrons. The van der Waals surface area contributed by atoms with Crippen LogP contribution in [-0.4, -0.2) is 0 Å². The Morgan fingerprint density at radius 2 is 1.21 bits per heavy atom. The zero-order valence-electron chi connectivity index (χ0n) is 7.93. The molecule has 0 amide bonds. The first-order chi connectivity index (χ1) is 6.95. The average Bonchev–Trinajstić information content (AvgIpc) is 2.82. The van der Waals surface area contributed by atoms with E-state index >= 15 is 0 Å². The predicted octanol–water partition coefficient (Wildman–Crippen LogP) is 3.03. The van der Waals surface area contributed by atoms with Gasteiger partial charge in [0, 0.05) is 11.8 Å². The van der Waals surface area contributed by atoms with Gasteiger partial charge in [-0.15, -0.1) is 0 Å². The van der Waals surface area contributed by atoms with Crippen LogP contribution in [-0.2, 0) is 0 Å². The lowest BCUT2D eigenvalue weighted by Crippen LogP contribution is -2.14. The molecule has 0 spiro atoms. The van der Waals surface area contributed by atoms with Gasteiger partial charge in [-0.1, -0.05) is 54.2 Å². The lowest BCUT2D eigenvalue weighted by molar-refractivity contribution is 0.499. The highest BCUT2D eigenvalue weighted by Crippen LogP contribution is 2.62. The van der Waals surface area contributed by atoms with Gasteiger partial charge in [0.25, 0.3) is 0 Å². The third-order valence-electron chi connectivity index (χ3n) is 3.93. The largest absolute Gasteiger partial charge is 0.0804 e. The Morgan fingerprint density at radius 1 is 0.714 bits per heavy atom. The molecule has 2 unspecified atom stereocenters. The van der Waals surface area contributed by atoms with Crippen molar-refractivity contribution < 1.29 is 0 Å². The van der Waals surface area contributed by atoms with Crippen LogP contribution < -0.4 is 0 Å². The van der Waals surface area contributed by atoms with Crippen LogP contribution in [0.4, 0.5) is 0 Å². The highest BCUT2D eigenvalue weighted by molar-refractivity contribution is 5.55. The van der Waals surface area contributed by atoms with Crippen molar-refractivity contribution in [2.24, 2.45) is 23.7 Å². The zero-order chi connectivity index (χ0) is 9.12. The van der Waals surface area contributed by atoms with Crippen molar-refractivity contribution in [1.82, 2.24) is 0 Å². The fourth-order valence-corrected chi connectivity index (χ4v) is 3.27. The van der Waals surface area contributed by atoms with Crippen molar-refractivity contribution in [2.75, 3.05) is 0 Å². The summed E-state index contributed by atoms with van der Waals surface area (Å²) in [4.78, 5) is 0. The molecule has 0 heteroatoms. The number of hydrogen-bond acceptors (Lipinski definition) is 0. The summed E-state index contributed by atoms with van der Waals surface area (Å²) in [6.07, 6.45) is 18.4. The van der Waals surface area contributed by atoms with Crippen LogP contribution in [0.15, 0.2) is 59.8 Å². The van der Waals surface area contributed by atoms with Crippen molar-refractivity contribution in [3.8, 4) is 0 Å². The van der Waals surface area contributed by atoms with Crippen molar-refractivity contribution in [1.29, 1.82) is 0 Å². The maximum atomic E-state index is 2.39. The summed E-state index contributed by atoms with van der Waals surface area (Å²) in [6, 6.07) is 0. The van der Waals surface area contributed by atoms with Gasteiger partial charge in [0.05, 0.1) is 0 Å². The molecule has 0 heterocycles. The highest BCUT2D eigenvalue weighted by Gasteiger charge is 2.55. The number of rotatable bonds is 0. The Balaban J connectivity index is 1.82. The minimum Gasteiger partial charge on any atom is -0.0804 e. The molecule has 0 aliphatic heterocycles. The van der Waals surface area contributed by atoms with Crippen LogP contribution in [0.1, 0.15) is 0 Å². The molecule has 0 saturated heterocycles. The predicted molar refractivity (Wildman–Crippen MR) is 57.5 cm³/mol. The van der Waals surface area contributed by atoms with Crippen molar-refractivity contribution in [3.05, 3.63) is 59.8 Å². The van der Waals surface area contributed by atoms with Gasteiger partial charge in [-0.25, -0.2) is 0 Å². The van der Waals surface area contributed by atoms with Crippen LogP contribution in [0.3, 0.4) is 0 Å². The van der Waals surface area contributed by atoms with Gasteiger partial charge >= 0.3 is 0 Å². The first kappa shape index (κ1) is 7.05. The Labute approximate surface area is 84.0 Å². The fraction of sp³-hybridized carbons (Fsp3) is 0.286. The van der Waals surface area contributed by atoms with E-state index in [-0.39, 0.29) is 0 Å². The van der Waals surface area contributed by atoms with Crippen molar-refractivity contribution in [2.45, 2.75) is 0 Å². The standard InChI is InChI=1S/C14H12/c1-2-4-9(3-1)12-13-10-5-6-11(8-7-10)14(12)13/h1-8,10-11,13-14H. The normalized spacial score (nSPS) is 45.1.